The number of pyridine rings is 1. The van der Waals surface area contributed by atoms with Gasteiger partial charge in [-0.05, 0) is 40.8 Å². The van der Waals surface area contributed by atoms with E-state index in [0.717, 1.165) is 18.5 Å². The Labute approximate surface area is 125 Å². The van der Waals surface area contributed by atoms with Gasteiger partial charge >= 0.3 is 0 Å². The van der Waals surface area contributed by atoms with E-state index in [1.807, 2.05) is 0 Å². The van der Waals surface area contributed by atoms with Crippen molar-refractivity contribution in [3.63, 3.8) is 0 Å². The Morgan fingerprint density at radius 2 is 1.67 bits per heavy atom. The lowest BCUT2D eigenvalue weighted by Gasteiger charge is -2.10. The second kappa shape index (κ2) is 4.85. The van der Waals surface area contributed by atoms with Gasteiger partial charge in [0.25, 0.3) is 0 Å². The fourth-order valence-electron chi connectivity index (χ4n) is 3.26. The molecule has 21 heavy (non-hydrogen) atoms. The number of benzene rings is 2. The summed E-state index contributed by atoms with van der Waals surface area (Å²) >= 11 is 0. The molecule has 0 aliphatic heterocycles. The minimum absolute atomic E-state index is 0.916. The van der Waals surface area contributed by atoms with E-state index in [2.05, 4.69) is 67.6 Å². The molecule has 1 aliphatic rings. The summed E-state index contributed by atoms with van der Waals surface area (Å²) in [5.41, 5.74) is 9.26. The summed E-state index contributed by atoms with van der Waals surface area (Å²) in [4.78, 5) is 4.82. The van der Waals surface area contributed by atoms with Crippen LogP contribution in [0.4, 0.5) is 0 Å². The highest BCUT2D eigenvalue weighted by Crippen LogP contribution is 2.38. The predicted octanol–water partition coefficient (Wildman–Crippen LogP) is 4.55. The Morgan fingerprint density at radius 1 is 0.905 bits per heavy atom. The molecule has 1 heteroatoms. The minimum Gasteiger partial charge on any atom is -0.257 e. The van der Waals surface area contributed by atoms with Crippen LogP contribution >= 0.6 is 0 Å². The van der Waals surface area contributed by atoms with E-state index in [0.29, 0.717) is 0 Å². The summed E-state index contributed by atoms with van der Waals surface area (Å²) in [5, 5.41) is 0. The molecule has 0 saturated carbocycles. The van der Waals surface area contributed by atoms with Crippen molar-refractivity contribution in [1.29, 1.82) is 0 Å². The molecule has 102 valence electrons. The molecule has 0 radical (unpaired) electrons. The minimum atomic E-state index is 0.916. The van der Waals surface area contributed by atoms with Gasteiger partial charge in [0.15, 0.2) is 0 Å². The number of hydrogen-bond acceptors (Lipinski definition) is 1. The first-order chi connectivity index (χ1) is 10.3. The average molecular weight is 271 g/mol. The van der Waals surface area contributed by atoms with E-state index in [4.69, 9.17) is 4.98 Å². The number of rotatable bonds is 2. The second-order valence-corrected chi connectivity index (χ2v) is 5.73. The lowest BCUT2D eigenvalue weighted by atomic mass is 10.0. The molecule has 0 amide bonds. The zero-order valence-electron chi connectivity index (χ0n) is 12.1. The quantitative estimate of drug-likeness (QED) is 0.521. The zero-order chi connectivity index (χ0) is 14.2. The van der Waals surface area contributed by atoms with Crippen LogP contribution in [0, 0.1) is 6.92 Å². The smallest absolute Gasteiger partial charge is 0.0492 e. The molecule has 4 rings (SSSR count). The first-order valence-corrected chi connectivity index (χ1v) is 7.43. The van der Waals surface area contributed by atoms with Crippen LogP contribution in [0.5, 0.6) is 0 Å². The van der Waals surface area contributed by atoms with Gasteiger partial charge in [-0.2, -0.15) is 0 Å². The topological polar surface area (TPSA) is 12.9 Å². The number of fused-ring (bicyclic) bond motifs is 3. The first-order valence-electron chi connectivity index (χ1n) is 7.43. The highest BCUT2D eigenvalue weighted by molar-refractivity contribution is 5.77. The fourth-order valence-corrected chi connectivity index (χ4v) is 3.26. The summed E-state index contributed by atoms with van der Waals surface area (Å²) in [6.07, 6.45) is 1.93. The first kappa shape index (κ1) is 12.3. The molecule has 0 saturated heterocycles. The number of hydrogen-bond donors (Lipinski definition) is 0. The van der Waals surface area contributed by atoms with Crippen molar-refractivity contribution in [2.24, 2.45) is 0 Å². The normalized spacial score (nSPS) is 12.0. The molecule has 0 N–H and O–H groups in total. The third-order valence-corrected chi connectivity index (χ3v) is 4.23. The van der Waals surface area contributed by atoms with Crippen LogP contribution in [0.2, 0.25) is 0 Å². The molecule has 1 aromatic heterocycles. The van der Waals surface area contributed by atoms with Crippen LogP contribution in [0.3, 0.4) is 0 Å². The van der Waals surface area contributed by atoms with Gasteiger partial charge in [-0.1, -0.05) is 54.6 Å². The lowest BCUT2D eigenvalue weighted by Crippen LogP contribution is -2.00. The van der Waals surface area contributed by atoms with Crippen molar-refractivity contribution in [3.05, 3.63) is 88.7 Å². The van der Waals surface area contributed by atoms with E-state index in [-0.39, 0.29) is 0 Å². The van der Waals surface area contributed by atoms with Crippen LogP contribution in [0.1, 0.15) is 28.1 Å². The van der Waals surface area contributed by atoms with Crippen molar-refractivity contribution < 1.29 is 0 Å². The van der Waals surface area contributed by atoms with Crippen molar-refractivity contribution in [1.82, 2.24) is 4.98 Å². The number of aryl methyl sites for hydroxylation is 1. The lowest BCUT2D eigenvalue weighted by molar-refractivity contribution is 0.998. The number of nitrogens with zero attached hydrogens (tertiary/aromatic N) is 1. The maximum atomic E-state index is 4.82. The summed E-state index contributed by atoms with van der Waals surface area (Å²) in [6, 6.07) is 21.6. The van der Waals surface area contributed by atoms with E-state index in [1.165, 1.54) is 33.5 Å². The third-order valence-electron chi connectivity index (χ3n) is 4.23. The Balaban J connectivity index is 1.82. The third kappa shape index (κ3) is 2.15. The molecule has 2 aromatic carbocycles. The van der Waals surface area contributed by atoms with Crippen LogP contribution in [-0.4, -0.2) is 4.98 Å². The molecule has 0 atom stereocenters. The Kier molecular flexibility index (Phi) is 2.85. The van der Waals surface area contributed by atoms with Crippen molar-refractivity contribution in [2.75, 3.05) is 0 Å². The van der Waals surface area contributed by atoms with Gasteiger partial charge in [-0.25, -0.2) is 0 Å². The van der Waals surface area contributed by atoms with Gasteiger partial charge in [0.05, 0.1) is 0 Å². The van der Waals surface area contributed by atoms with E-state index >= 15 is 0 Å². The maximum absolute atomic E-state index is 4.82. The molecule has 0 spiro atoms. The van der Waals surface area contributed by atoms with Gasteiger partial charge in [-0.3, -0.25) is 4.98 Å². The summed E-state index contributed by atoms with van der Waals surface area (Å²) in [6.45, 7) is 2.09. The van der Waals surface area contributed by atoms with Gasteiger partial charge in [0.1, 0.15) is 0 Å². The second-order valence-electron chi connectivity index (χ2n) is 5.73. The Morgan fingerprint density at radius 3 is 2.52 bits per heavy atom. The summed E-state index contributed by atoms with van der Waals surface area (Å²) in [7, 11) is 0. The summed E-state index contributed by atoms with van der Waals surface area (Å²) < 4.78 is 0. The summed E-state index contributed by atoms with van der Waals surface area (Å²) in [5.74, 6) is 0. The van der Waals surface area contributed by atoms with E-state index in [1.54, 1.807) is 0 Å². The Hall–Kier alpha value is -2.41. The van der Waals surface area contributed by atoms with Gasteiger partial charge in [-0.15, -0.1) is 0 Å². The van der Waals surface area contributed by atoms with E-state index < -0.39 is 0 Å². The van der Waals surface area contributed by atoms with Crippen LogP contribution in [0.25, 0.3) is 11.1 Å². The molecule has 1 heterocycles. The van der Waals surface area contributed by atoms with Gasteiger partial charge < -0.3 is 0 Å². The van der Waals surface area contributed by atoms with Crippen LogP contribution in [0.15, 0.2) is 60.7 Å². The zero-order valence-corrected chi connectivity index (χ0v) is 12.1. The SMILES string of the molecule is Cc1cc2c(c(Cc3ccccc3)n1)Cc1ccccc1-2. The van der Waals surface area contributed by atoms with Crippen molar-refractivity contribution >= 4 is 0 Å². The predicted molar refractivity (Wildman–Crippen MR) is 86.5 cm³/mol. The molecule has 1 nitrogen and oxygen atoms in total. The fraction of sp³-hybridized carbons (Fsp3) is 0.150. The molecule has 3 aromatic rings. The van der Waals surface area contributed by atoms with Crippen LogP contribution < -0.4 is 0 Å². The molecular formula is C20H17N. The molecular weight excluding hydrogens is 254 g/mol. The Bertz CT molecular complexity index is 803. The van der Waals surface area contributed by atoms with Crippen LogP contribution in [-0.2, 0) is 12.8 Å². The van der Waals surface area contributed by atoms with E-state index in [9.17, 15) is 0 Å². The standard InChI is InChI=1S/C20H17N/c1-14-11-18-17-10-6-5-9-16(17)13-19(18)20(21-14)12-15-7-3-2-4-8-15/h2-11H,12-13H2,1H3. The monoisotopic (exact) mass is 271 g/mol. The highest BCUT2D eigenvalue weighted by Gasteiger charge is 2.22. The molecule has 0 bridgehead atoms. The molecule has 0 fully saturated rings. The van der Waals surface area contributed by atoms with Crippen molar-refractivity contribution in [3.8, 4) is 11.1 Å². The van der Waals surface area contributed by atoms with Gasteiger partial charge in [0.2, 0.25) is 0 Å². The van der Waals surface area contributed by atoms with Crippen molar-refractivity contribution in [2.45, 2.75) is 19.8 Å². The largest absolute Gasteiger partial charge is 0.257 e. The molecule has 0 unspecified atom stereocenters. The maximum Gasteiger partial charge on any atom is 0.0492 e. The molecule has 1 aliphatic carbocycles. The van der Waals surface area contributed by atoms with Gasteiger partial charge in [0, 0.05) is 24.2 Å². The average Bonchev–Trinajstić information content (AvgIpc) is 2.87. The highest BCUT2D eigenvalue weighted by atomic mass is 14.7. The number of aromatic nitrogens is 1.